The molecule has 1 aromatic carbocycles. The zero-order valence-electron chi connectivity index (χ0n) is 12.7. The van der Waals surface area contributed by atoms with Crippen molar-refractivity contribution < 1.29 is 4.42 Å². The molecule has 24 heavy (non-hydrogen) atoms. The van der Waals surface area contributed by atoms with E-state index in [0.29, 0.717) is 11.8 Å². The molecular formula is C16H13N5OS2. The second kappa shape index (κ2) is 6.58. The molecule has 4 rings (SSSR count). The van der Waals surface area contributed by atoms with Gasteiger partial charge in [-0.25, -0.2) is 0 Å². The topological polar surface area (TPSA) is 69.6 Å². The standard InChI is InChI=1S/C16H13N5OS2/c1-11(14-18-19-15(22-14)13-8-5-9-23-13)24-16-20-17-10-21(16)12-6-3-2-4-7-12/h2-11H,1H3. The van der Waals surface area contributed by atoms with E-state index < -0.39 is 0 Å². The van der Waals surface area contributed by atoms with Crippen LogP contribution in [0.25, 0.3) is 16.5 Å². The zero-order valence-corrected chi connectivity index (χ0v) is 14.4. The number of hydrogen-bond acceptors (Lipinski definition) is 7. The Kier molecular flexibility index (Phi) is 4.14. The first-order valence-electron chi connectivity index (χ1n) is 7.30. The Morgan fingerprint density at radius 3 is 2.75 bits per heavy atom. The molecule has 1 atom stereocenters. The molecule has 4 aromatic rings. The molecule has 0 amide bonds. The van der Waals surface area contributed by atoms with Crippen LogP contribution in [0, 0.1) is 0 Å². The summed E-state index contributed by atoms with van der Waals surface area (Å²) in [4.78, 5) is 0.971. The molecule has 0 saturated heterocycles. The van der Waals surface area contributed by atoms with Crippen LogP contribution >= 0.6 is 23.1 Å². The van der Waals surface area contributed by atoms with Crippen LogP contribution < -0.4 is 0 Å². The minimum absolute atomic E-state index is 0.0297. The first kappa shape index (κ1) is 15.1. The summed E-state index contributed by atoms with van der Waals surface area (Å²) in [5.74, 6) is 1.13. The first-order chi connectivity index (χ1) is 11.8. The Hall–Kier alpha value is -2.45. The first-order valence-corrected chi connectivity index (χ1v) is 9.06. The van der Waals surface area contributed by atoms with Gasteiger partial charge >= 0.3 is 0 Å². The van der Waals surface area contributed by atoms with Crippen molar-refractivity contribution in [1.82, 2.24) is 25.0 Å². The summed E-state index contributed by atoms with van der Waals surface area (Å²) in [5.41, 5.74) is 1.02. The van der Waals surface area contributed by atoms with Gasteiger partial charge in [-0.2, -0.15) is 0 Å². The van der Waals surface area contributed by atoms with Gasteiger partial charge in [-0.15, -0.1) is 31.7 Å². The number of thioether (sulfide) groups is 1. The van der Waals surface area contributed by atoms with Crippen LogP contribution in [0.1, 0.15) is 18.1 Å². The maximum atomic E-state index is 5.79. The van der Waals surface area contributed by atoms with E-state index in [1.165, 1.54) is 11.8 Å². The van der Waals surface area contributed by atoms with Crippen molar-refractivity contribution >= 4 is 23.1 Å². The second-order valence-corrected chi connectivity index (χ2v) is 7.26. The van der Waals surface area contributed by atoms with Crippen molar-refractivity contribution in [2.75, 3.05) is 0 Å². The van der Waals surface area contributed by atoms with Crippen LogP contribution in [-0.4, -0.2) is 25.0 Å². The van der Waals surface area contributed by atoms with E-state index in [1.807, 2.05) is 59.3 Å². The smallest absolute Gasteiger partial charge is 0.257 e. The summed E-state index contributed by atoms with van der Waals surface area (Å²) in [6, 6.07) is 13.9. The number of rotatable bonds is 5. The van der Waals surface area contributed by atoms with Gasteiger partial charge in [0.25, 0.3) is 5.89 Å². The number of hydrogen-bond donors (Lipinski definition) is 0. The summed E-state index contributed by atoms with van der Waals surface area (Å²) in [6.07, 6.45) is 1.70. The van der Waals surface area contributed by atoms with Crippen LogP contribution in [0.4, 0.5) is 0 Å². The molecule has 0 aliphatic rings. The summed E-state index contributed by atoms with van der Waals surface area (Å²) < 4.78 is 7.74. The van der Waals surface area contributed by atoms with E-state index in [0.717, 1.165) is 15.7 Å². The van der Waals surface area contributed by atoms with Crippen molar-refractivity contribution in [3.63, 3.8) is 0 Å². The molecule has 0 radical (unpaired) electrons. The molecule has 0 saturated carbocycles. The fraction of sp³-hybridized carbons (Fsp3) is 0.125. The third-order valence-corrected chi connectivity index (χ3v) is 5.26. The Labute approximate surface area is 146 Å². The number of aromatic nitrogens is 5. The van der Waals surface area contributed by atoms with Gasteiger partial charge in [0.2, 0.25) is 5.89 Å². The SMILES string of the molecule is CC(Sc1nncn1-c1ccccc1)c1nnc(-c2cccs2)o1. The van der Waals surface area contributed by atoms with Gasteiger partial charge in [-0.1, -0.05) is 36.0 Å². The highest BCUT2D eigenvalue weighted by Crippen LogP contribution is 2.35. The highest BCUT2D eigenvalue weighted by molar-refractivity contribution is 7.99. The number of para-hydroxylation sites is 1. The van der Waals surface area contributed by atoms with Crippen molar-refractivity contribution in [1.29, 1.82) is 0 Å². The lowest BCUT2D eigenvalue weighted by molar-refractivity contribution is 0.510. The number of thiophene rings is 1. The Morgan fingerprint density at radius 1 is 1.08 bits per heavy atom. The van der Waals surface area contributed by atoms with Gasteiger partial charge in [0.1, 0.15) is 6.33 Å². The van der Waals surface area contributed by atoms with Crippen LogP contribution in [0.2, 0.25) is 0 Å². The van der Waals surface area contributed by atoms with Gasteiger partial charge in [0.05, 0.1) is 10.1 Å². The van der Waals surface area contributed by atoms with Gasteiger partial charge in [-0.3, -0.25) is 4.57 Å². The molecule has 0 N–H and O–H groups in total. The van der Waals surface area contributed by atoms with Crippen LogP contribution in [-0.2, 0) is 0 Å². The van der Waals surface area contributed by atoms with Crippen LogP contribution in [0.3, 0.4) is 0 Å². The van der Waals surface area contributed by atoms with E-state index in [-0.39, 0.29) is 5.25 Å². The van der Waals surface area contributed by atoms with Gasteiger partial charge in [0.15, 0.2) is 5.16 Å². The fourth-order valence-electron chi connectivity index (χ4n) is 2.18. The zero-order chi connectivity index (χ0) is 16.4. The minimum Gasteiger partial charge on any atom is -0.419 e. The lowest BCUT2D eigenvalue weighted by Gasteiger charge is -2.08. The predicted molar refractivity (Wildman–Crippen MR) is 93.2 cm³/mol. The molecule has 120 valence electrons. The van der Waals surface area contributed by atoms with Crippen molar-refractivity contribution in [2.24, 2.45) is 0 Å². The maximum absolute atomic E-state index is 5.79. The predicted octanol–water partition coefficient (Wildman–Crippen LogP) is 4.23. The molecule has 0 aliphatic heterocycles. The summed E-state index contributed by atoms with van der Waals surface area (Å²) in [5, 5.41) is 19.3. The van der Waals surface area contributed by atoms with E-state index >= 15 is 0 Å². The quantitative estimate of drug-likeness (QED) is 0.499. The fourth-order valence-corrected chi connectivity index (χ4v) is 3.69. The van der Waals surface area contributed by atoms with E-state index in [9.17, 15) is 0 Å². The normalized spacial score (nSPS) is 12.4. The Morgan fingerprint density at radius 2 is 1.96 bits per heavy atom. The van der Waals surface area contributed by atoms with Crippen LogP contribution in [0.15, 0.2) is 63.7 Å². The summed E-state index contributed by atoms with van der Waals surface area (Å²) >= 11 is 3.11. The van der Waals surface area contributed by atoms with E-state index in [2.05, 4.69) is 20.4 Å². The number of benzene rings is 1. The van der Waals surface area contributed by atoms with Crippen molar-refractivity contribution in [3.05, 3.63) is 60.1 Å². The van der Waals surface area contributed by atoms with E-state index in [1.54, 1.807) is 17.7 Å². The Balaban J connectivity index is 1.55. The molecular weight excluding hydrogens is 342 g/mol. The largest absolute Gasteiger partial charge is 0.419 e. The third-order valence-electron chi connectivity index (χ3n) is 3.35. The summed E-state index contributed by atoms with van der Waals surface area (Å²) in [7, 11) is 0. The highest BCUT2D eigenvalue weighted by Gasteiger charge is 2.19. The van der Waals surface area contributed by atoms with E-state index in [4.69, 9.17) is 4.42 Å². The second-order valence-electron chi connectivity index (χ2n) is 5.00. The van der Waals surface area contributed by atoms with Gasteiger partial charge in [0, 0.05) is 5.69 Å². The average Bonchev–Trinajstić information content (AvgIpc) is 3.36. The highest BCUT2D eigenvalue weighted by atomic mass is 32.2. The molecule has 0 bridgehead atoms. The molecule has 1 unspecified atom stereocenters. The van der Waals surface area contributed by atoms with Gasteiger partial charge < -0.3 is 4.42 Å². The number of nitrogens with zero attached hydrogens (tertiary/aromatic N) is 5. The lowest BCUT2D eigenvalue weighted by atomic mass is 10.3. The molecule has 8 heteroatoms. The molecule has 0 fully saturated rings. The third kappa shape index (κ3) is 2.98. The minimum atomic E-state index is -0.0297. The Bertz CT molecular complexity index is 917. The van der Waals surface area contributed by atoms with Gasteiger partial charge in [-0.05, 0) is 30.5 Å². The lowest BCUT2D eigenvalue weighted by Crippen LogP contribution is -1.97. The maximum Gasteiger partial charge on any atom is 0.257 e. The summed E-state index contributed by atoms with van der Waals surface area (Å²) in [6.45, 7) is 2.01. The molecule has 0 spiro atoms. The monoisotopic (exact) mass is 355 g/mol. The molecule has 6 nitrogen and oxygen atoms in total. The molecule has 3 heterocycles. The van der Waals surface area contributed by atoms with Crippen molar-refractivity contribution in [2.45, 2.75) is 17.3 Å². The van der Waals surface area contributed by atoms with Crippen molar-refractivity contribution in [3.8, 4) is 16.5 Å². The average molecular weight is 355 g/mol. The molecule has 3 aromatic heterocycles. The molecule has 0 aliphatic carbocycles. The van der Waals surface area contributed by atoms with Crippen LogP contribution in [0.5, 0.6) is 0 Å².